The Hall–Kier alpha value is -2.54. The molecule has 2 aromatic carbocycles. The van der Waals surface area contributed by atoms with Crippen molar-refractivity contribution in [1.82, 2.24) is 0 Å². The van der Waals surface area contributed by atoms with E-state index < -0.39 is 17.7 Å². The van der Waals surface area contributed by atoms with Crippen LogP contribution in [-0.2, 0) is 19.2 Å². The molecule has 0 spiro atoms. The summed E-state index contributed by atoms with van der Waals surface area (Å²) in [5, 5.41) is 10.4. The Labute approximate surface area is 170 Å². The molecule has 0 saturated heterocycles. The Kier molecular flexibility index (Phi) is 6.17. The first kappa shape index (κ1) is 21.2. The Morgan fingerprint density at radius 3 is 2.41 bits per heavy atom. The van der Waals surface area contributed by atoms with Gasteiger partial charge in [0, 0.05) is 4.88 Å². The average molecular weight is 422 g/mol. The molecule has 0 unspecified atom stereocenters. The van der Waals surface area contributed by atoms with Crippen LogP contribution in [0.25, 0.3) is 10.1 Å². The highest BCUT2D eigenvalue weighted by molar-refractivity contribution is 7.19. The molecule has 0 fully saturated rings. The van der Waals surface area contributed by atoms with Crippen molar-refractivity contribution in [1.29, 1.82) is 0 Å². The maximum absolute atomic E-state index is 12.7. The topological polar surface area (TPSA) is 46.5 Å². The second-order valence-electron chi connectivity index (χ2n) is 7.29. The first-order chi connectivity index (χ1) is 13.6. The molecule has 0 radical (unpaired) electrons. The lowest BCUT2D eigenvalue weighted by molar-refractivity contribution is -0.137. The van der Waals surface area contributed by atoms with Gasteiger partial charge in [-0.25, -0.2) is 4.79 Å². The standard InChI is InChI=1S/C22H21F3O3S/c1-13(2)3-9-17-11-15-6-10-18(21(26)27)19(20(15)29-17)28-12-14-4-7-16(8-5-14)22(23,24)25/h4-8,10-11,13H,3,9,12H2,1-2H3,(H,26,27). The molecule has 0 atom stereocenters. The molecular weight excluding hydrogens is 401 g/mol. The van der Waals surface area contributed by atoms with Crippen LogP contribution in [0.1, 0.15) is 46.6 Å². The molecule has 0 aliphatic rings. The number of halogens is 3. The second kappa shape index (κ2) is 8.45. The Balaban J connectivity index is 1.87. The van der Waals surface area contributed by atoms with E-state index in [0.29, 0.717) is 11.5 Å². The van der Waals surface area contributed by atoms with Crippen molar-refractivity contribution in [2.45, 2.75) is 39.5 Å². The van der Waals surface area contributed by atoms with Crippen LogP contribution in [0.5, 0.6) is 5.75 Å². The van der Waals surface area contributed by atoms with Crippen LogP contribution in [0, 0.1) is 5.92 Å². The highest BCUT2D eigenvalue weighted by Crippen LogP contribution is 2.38. The van der Waals surface area contributed by atoms with Crippen molar-refractivity contribution < 1.29 is 27.8 Å². The molecule has 0 aliphatic carbocycles. The number of aromatic carboxylic acids is 1. The van der Waals surface area contributed by atoms with E-state index in [1.54, 1.807) is 6.07 Å². The van der Waals surface area contributed by atoms with Gasteiger partial charge in [0.15, 0.2) is 5.75 Å². The smallest absolute Gasteiger partial charge is 0.416 e. The third-order valence-corrected chi connectivity index (χ3v) is 5.76. The number of aryl methyl sites for hydroxylation is 1. The molecule has 154 valence electrons. The summed E-state index contributed by atoms with van der Waals surface area (Å²) in [7, 11) is 0. The predicted octanol–water partition coefficient (Wildman–Crippen LogP) is 6.79. The molecule has 1 aromatic heterocycles. The number of benzene rings is 2. The van der Waals surface area contributed by atoms with Gasteiger partial charge in [-0.05, 0) is 54.0 Å². The largest absolute Gasteiger partial charge is 0.486 e. The van der Waals surface area contributed by atoms with Gasteiger partial charge in [0.25, 0.3) is 0 Å². The van der Waals surface area contributed by atoms with Gasteiger partial charge >= 0.3 is 12.1 Å². The summed E-state index contributed by atoms with van der Waals surface area (Å²) in [6.07, 6.45) is -2.47. The minimum Gasteiger partial charge on any atom is -0.486 e. The predicted molar refractivity (Wildman–Crippen MR) is 108 cm³/mol. The average Bonchev–Trinajstić information content (AvgIpc) is 3.07. The first-order valence-electron chi connectivity index (χ1n) is 9.23. The van der Waals surface area contributed by atoms with Gasteiger partial charge in [-0.15, -0.1) is 11.3 Å². The monoisotopic (exact) mass is 422 g/mol. The fourth-order valence-corrected chi connectivity index (χ4v) is 4.12. The maximum Gasteiger partial charge on any atom is 0.416 e. The van der Waals surface area contributed by atoms with Gasteiger partial charge in [-0.2, -0.15) is 13.2 Å². The Morgan fingerprint density at radius 1 is 1.14 bits per heavy atom. The number of hydrogen-bond donors (Lipinski definition) is 1. The van der Waals surface area contributed by atoms with Gasteiger partial charge in [0.1, 0.15) is 12.2 Å². The lowest BCUT2D eigenvalue weighted by atomic mass is 10.1. The number of rotatable bonds is 7. The van der Waals surface area contributed by atoms with Crippen molar-refractivity contribution in [2.75, 3.05) is 0 Å². The van der Waals surface area contributed by atoms with Crippen molar-refractivity contribution in [3.63, 3.8) is 0 Å². The van der Waals surface area contributed by atoms with Crippen molar-refractivity contribution in [3.05, 3.63) is 64.0 Å². The quantitative estimate of drug-likeness (QED) is 0.456. The van der Waals surface area contributed by atoms with E-state index in [4.69, 9.17) is 4.74 Å². The van der Waals surface area contributed by atoms with Gasteiger partial charge in [-0.3, -0.25) is 0 Å². The van der Waals surface area contributed by atoms with E-state index in [9.17, 15) is 23.1 Å². The summed E-state index contributed by atoms with van der Waals surface area (Å²) < 4.78 is 44.7. The number of carboxylic acid groups (broad SMARTS) is 1. The number of thiophene rings is 1. The number of alkyl halides is 3. The first-order valence-corrected chi connectivity index (χ1v) is 10.0. The Morgan fingerprint density at radius 2 is 1.83 bits per heavy atom. The number of ether oxygens (including phenoxy) is 1. The zero-order chi connectivity index (χ0) is 21.2. The van der Waals surface area contributed by atoms with Crippen LogP contribution in [0.2, 0.25) is 0 Å². The minimum absolute atomic E-state index is 0.0171. The highest BCUT2D eigenvalue weighted by atomic mass is 32.1. The SMILES string of the molecule is CC(C)CCc1cc2ccc(C(=O)O)c(OCc3ccc(C(F)(F)F)cc3)c2s1. The molecule has 7 heteroatoms. The summed E-state index contributed by atoms with van der Waals surface area (Å²) in [5.41, 5.74) is -0.160. The van der Waals surface area contributed by atoms with Crippen LogP contribution >= 0.6 is 11.3 Å². The van der Waals surface area contributed by atoms with Crippen LogP contribution < -0.4 is 4.74 Å². The molecule has 1 N–H and O–H groups in total. The van der Waals surface area contributed by atoms with Gasteiger partial charge in [0.2, 0.25) is 0 Å². The highest BCUT2D eigenvalue weighted by Gasteiger charge is 2.30. The molecule has 0 saturated carbocycles. The van der Waals surface area contributed by atoms with Crippen LogP contribution in [0.15, 0.2) is 42.5 Å². The minimum atomic E-state index is -4.40. The molecule has 29 heavy (non-hydrogen) atoms. The van der Waals surface area contributed by atoms with E-state index in [0.717, 1.165) is 39.9 Å². The molecule has 0 bridgehead atoms. The number of carboxylic acids is 1. The third kappa shape index (κ3) is 5.09. The molecular formula is C22H21F3O3S. The lowest BCUT2D eigenvalue weighted by Gasteiger charge is -2.11. The van der Waals surface area contributed by atoms with Gasteiger partial charge in [0.05, 0.1) is 10.3 Å². The maximum atomic E-state index is 12.7. The van der Waals surface area contributed by atoms with E-state index in [1.807, 2.05) is 6.07 Å². The van der Waals surface area contributed by atoms with E-state index in [1.165, 1.54) is 29.5 Å². The van der Waals surface area contributed by atoms with Gasteiger partial charge in [-0.1, -0.05) is 32.0 Å². The number of carbonyl (C=O) groups is 1. The van der Waals surface area contributed by atoms with E-state index in [-0.39, 0.29) is 17.9 Å². The third-order valence-electron chi connectivity index (χ3n) is 4.56. The van der Waals surface area contributed by atoms with Gasteiger partial charge < -0.3 is 9.84 Å². The Bertz CT molecular complexity index is 1000. The van der Waals surface area contributed by atoms with Crippen molar-refractivity contribution in [2.24, 2.45) is 5.92 Å². The fourth-order valence-electron chi connectivity index (χ4n) is 2.94. The number of hydrogen-bond acceptors (Lipinski definition) is 3. The van der Waals surface area contributed by atoms with Crippen LogP contribution in [0.4, 0.5) is 13.2 Å². The molecule has 3 nitrogen and oxygen atoms in total. The van der Waals surface area contributed by atoms with Crippen molar-refractivity contribution >= 4 is 27.4 Å². The lowest BCUT2D eigenvalue weighted by Crippen LogP contribution is -2.06. The van der Waals surface area contributed by atoms with E-state index >= 15 is 0 Å². The van der Waals surface area contributed by atoms with Crippen molar-refractivity contribution in [3.8, 4) is 5.75 Å². The van der Waals surface area contributed by atoms with Crippen LogP contribution in [0.3, 0.4) is 0 Å². The summed E-state index contributed by atoms with van der Waals surface area (Å²) in [5.74, 6) is -0.285. The fraction of sp³-hybridized carbons (Fsp3) is 0.318. The van der Waals surface area contributed by atoms with E-state index in [2.05, 4.69) is 13.8 Å². The molecule has 0 aliphatic heterocycles. The zero-order valence-electron chi connectivity index (χ0n) is 16.0. The molecule has 3 aromatic rings. The summed E-state index contributed by atoms with van der Waals surface area (Å²) in [6.45, 7) is 4.28. The summed E-state index contributed by atoms with van der Waals surface area (Å²) in [6, 6.07) is 9.97. The number of fused-ring (bicyclic) bond motifs is 1. The zero-order valence-corrected chi connectivity index (χ0v) is 16.9. The van der Waals surface area contributed by atoms with Crippen LogP contribution in [-0.4, -0.2) is 11.1 Å². The summed E-state index contributed by atoms with van der Waals surface area (Å²) in [4.78, 5) is 12.8. The second-order valence-corrected chi connectivity index (χ2v) is 8.43. The summed E-state index contributed by atoms with van der Waals surface area (Å²) >= 11 is 1.50. The molecule has 3 rings (SSSR count). The molecule has 0 amide bonds. The normalized spacial score (nSPS) is 11.9. The molecule has 1 heterocycles.